The van der Waals surface area contributed by atoms with Crippen LogP contribution in [0.5, 0.6) is 11.5 Å². The minimum Gasteiger partial charge on any atom is -0.457 e. The fourth-order valence-corrected chi connectivity index (χ4v) is 3.51. The highest BCUT2D eigenvalue weighted by Gasteiger charge is 2.38. The van der Waals surface area contributed by atoms with Crippen LogP contribution in [0.3, 0.4) is 0 Å². The SMILES string of the molecule is CCCC1(C(C)c2ccc(Oc3ccc(F)cc3)cc2)CNCN1. The summed E-state index contributed by atoms with van der Waals surface area (Å²) >= 11 is 0. The van der Waals surface area contributed by atoms with Gasteiger partial charge >= 0.3 is 0 Å². The van der Waals surface area contributed by atoms with Crippen molar-refractivity contribution in [2.24, 2.45) is 0 Å². The minimum absolute atomic E-state index is 0.119. The lowest BCUT2D eigenvalue weighted by Gasteiger charge is -2.35. The van der Waals surface area contributed by atoms with E-state index in [1.54, 1.807) is 12.1 Å². The summed E-state index contributed by atoms with van der Waals surface area (Å²) in [6, 6.07) is 14.3. The molecule has 2 aromatic rings. The quantitative estimate of drug-likeness (QED) is 0.824. The van der Waals surface area contributed by atoms with Crippen LogP contribution >= 0.6 is 0 Å². The Hall–Kier alpha value is -1.91. The molecule has 2 atom stereocenters. The molecule has 0 saturated carbocycles. The molecule has 1 aliphatic rings. The lowest BCUT2D eigenvalue weighted by molar-refractivity contribution is 0.310. The van der Waals surface area contributed by atoms with Gasteiger partial charge in [0.15, 0.2) is 0 Å². The van der Waals surface area contributed by atoms with E-state index in [4.69, 9.17) is 4.74 Å². The molecule has 128 valence electrons. The standard InChI is InChI=1S/C20H25FN2O/c1-3-12-20(13-22-14-23-20)15(2)16-4-8-18(9-5-16)24-19-10-6-17(21)7-11-19/h4-11,15,22-23H,3,12-14H2,1-2H3. The number of hydrogen-bond donors (Lipinski definition) is 2. The van der Waals surface area contributed by atoms with E-state index in [9.17, 15) is 4.39 Å². The molecule has 0 spiro atoms. The van der Waals surface area contributed by atoms with Gasteiger partial charge in [0.2, 0.25) is 0 Å². The van der Waals surface area contributed by atoms with Gasteiger partial charge < -0.3 is 10.1 Å². The number of nitrogens with one attached hydrogen (secondary N) is 2. The normalized spacial score (nSPS) is 21.6. The third kappa shape index (κ3) is 3.60. The fraction of sp³-hybridized carbons (Fsp3) is 0.400. The van der Waals surface area contributed by atoms with E-state index in [0.29, 0.717) is 11.7 Å². The smallest absolute Gasteiger partial charge is 0.127 e. The van der Waals surface area contributed by atoms with Crippen molar-refractivity contribution in [1.82, 2.24) is 10.6 Å². The molecular weight excluding hydrogens is 303 g/mol. The zero-order valence-corrected chi connectivity index (χ0v) is 14.3. The van der Waals surface area contributed by atoms with E-state index in [1.807, 2.05) is 12.1 Å². The van der Waals surface area contributed by atoms with Gasteiger partial charge in [-0.2, -0.15) is 0 Å². The molecule has 24 heavy (non-hydrogen) atoms. The first-order chi connectivity index (χ1) is 11.6. The fourth-order valence-electron chi connectivity index (χ4n) is 3.51. The number of ether oxygens (including phenoxy) is 1. The number of rotatable bonds is 6. The van der Waals surface area contributed by atoms with Crippen molar-refractivity contribution in [3.63, 3.8) is 0 Å². The molecule has 4 heteroatoms. The van der Waals surface area contributed by atoms with Gasteiger partial charge in [-0.15, -0.1) is 0 Å². The maximum Gasteiger partial charge on any atom is 0.127 e. The van der Waals surface area contributed by atoms with Crippen molar-refractivity contribution >= 4 is 0 Å². The summed E-state index contributed by atoms with van der Waals surface area (Å²) in [5.41, 5.74) is 1.42. The lowest BCUT2D eigenvalue weighted by Crippen LogP contribution is -2.47. The Bertz CT molecular complexity index is 648. The third-order valence-corrected chi connectivity index (χ3v) is 4.96. The van der Waals surface area contributed by atoms with Crippen LogP contribution in [0.1, 0.15) is 38.2 Å². The van der Waals surface area contributed by atoms with Crippen LogP contribution < -0.4 is 15.4 Å². The van der Waals surface area contributed by atoms with Gasteiger partial charge in [-0.05, 0) is 48.4 Å². The first-order valence-corrected chi connectivity index (χ1v) is 8.62. The van der Waals surface area contributed by atoms with Crippen LogP contribution in [0.25, 0.3) is 0 Å². The number of benzene rings is 2. The van der Waals surface area contributed by atoms with E-state index < -0.39 is 0 Å². The van der Waals surface area contributed by atoms with Gasteiger partial charge in [-0.1, -0.05) is 32.4 Å². The molecule has 0 aromatic heterocycles. The summed E-state index contributed by atoms with van der Waals surface area (Å²) in [6.07, 6.45) is 2.31. The highest BCUT2D eigenvalue weighted by atomic mass is 19.1. The summed E-state index contributed by atoms with van der Waals surface area (Å²) in [5.74, 6) is 1.55. The summed E-state index contributed by atoms with van der Waals surface area (Å²) < 4.78 is 18.7. The average molecular weight is 328 g/mol. The third-order valence-electron chi connectivity index (χ3n) is 4.96. The predicted molar refractivity (Wildman–Crippen MR) is 95.0 cm³/mol. The molecule has 1 aliphatic heterocycles. The highest BCUT2D eigenvalue weighted by molar-refractivity contribution is 5.35. The molecule has 0 aliphatic carbocycles. The Labute approximate surface area is 143 Å². The summed E-state index contributed by atoms with van der Waals surface area (Å²) in [4.78, 5) is 0. The zero-order chi connectivity index (χ0) is 17.0. The van der Waals surface area contributed by atoms with Gasteiger partial charge in [0.25, 0.3) is 0 Å². The molecular formula is C20H25FN2O. The van der Waals surface area contributed by atoms with Gasteiger partial charge in [-0.3, -0.25) is 5.32 Å². The first kappa shape index (κ1) is 16.9. The zero-order valence-electron chi connectivity index (χ0n) is 14.3. The Morgan fingerprint density at radius 1 is 1.08 bits per heavy atom. The Morgan fingerprint density at radius 2 is 1.71 bits per heavy atom. The molecule has 0 amide bonds. The monoisotopic (exact) mass is 328 g/mol. The van der Waals surface area contributed by atoms with Crippen molar-refractivity contribution in [1.29, 1.82) is 0 Å². The minimum atomic E-state index is -0.259. The van der Waals surface area contributed by atoms with Crippen LogP contribution in [-0.2, 0) is 0 Å². The topological polar surface area (TPSA) is 33.3 Å². The lowest BCUT2D eigenvalue weighted by atomic mass is 9.78. The van der Waals surface area contributed by atoms with Crippen LogP contribution in [-0.4, -0.2) is 18.8 Å². The van der Waals surface area contributed by atoms with Crippen LogP contribution in [0, 0.1) is 5.82 Å². The van der Waals surface area contributed by atoms with Crippen LogP contribution in [0.4, 0.5) is 4.39 Å². The second kappa shape index (κ2) is 7.32. The largest absolute Gasteiger partial charge is 0.457 e. The molecule has 0 radical (unpaired) electrons. The Kier molecular flexibility index (Phi) is 5.17. The van der Waals surface area contributed by atoms with Gasteiger partial charge in [0.05, 0.1) is 0 Å². The second-order valence-corrected chi connectivity index (χ2v) is 6.53. The molecule has 0 bridgehead atoms. The van der Waals surface area contributed by atoms with Gasteiger partial charge in [0.1, 0.15) is 17.3 Å². The number of hydrogen-bond acceptors (Lipinski definition) is 3. The molecule has 1 heterocycles. The second-order valence-electron chi connectivity index (χ2n) is 6.53. The first-order valence-electron chi connectivity index (χ1n) is 8.62. The summed E-state index contributed by atoms with van der Waals surface area (Å²) in [5, 5.41) is 7.08. The molecule has 2 aromatic carbocycles. The van der Waals surface area contributed by atoms with E-state index in [-0.39, 0.29) is 11.4 Å². The molecule has 2 unspecified atom stereocenters. The van der Waals surface area contributed by atoms with Crippen LogP contribution in [0.2, 0.25) is 0 Å². The molecule has 3 nitrogen and oxygen atoms in total. The predicted octanol–water partition coefficient (Wildman–Crippen LogP) is 4.41. The molecule has 1 fully saturated rings. The van der Waals surface area contributed by atoms with Gasteiger partial charge in [0, 0.05) is 24.7 Å². The van der Waals surface area contributed by atoms with Crippen molar-refractivity contribution in [2.45, 2.75) is 38.1 Å². The van der Waals surface area contributed by atoms with Crippen molar-refractivity contribution < 1.29 is 9.13 Å². The maximum absolute atomic E-state index is 12.9. The Morgan fingerprint density at radius 3 is 2.25 bits per heavy atom. The van der Waals surface area contributed by atoms with Crippen molar-refractivity contribution in [3.8, 4) is 11.5 Å². The maximum atomic E-state index is 12.9. The molecule has 3 rings (SSSR count). The van der Waals surface area contributed by atoms with E-state index in [0.717, 1.165) is 31.8 Å². The van der Waals surface area contributed by atoms with Crippen molar-refractivity contribution in [2.75, 3.05) is 13.2 Å². The molecule has 2 N–H and O–H groups in total. The van der Waals surface area contributed by atoms with Gasteiger partial charge in [-0.25, -0.2) is 4.39 Å². The van der Waals surface area contributed by atoms with E-state index >= 15 is 0 Å². The Balaban J connectivity index is 1.72. The van der Waals surface area contributed by atoms with E-state index in [1.165, 1.54) is 17.7 Å². The van der Waals surface area contributed by atoms with E-state index in [2.05, 4.69) is 36.6 Å². The van der Waals surface area contributed by atoms with Crippen molar-refractivity contribution in [3.05, 3.63) is 59.9 Å². The summed E-state index contributed by atoms with van der Waals surface area (Å²) in [6.45, 7) is 6.38. The summed E-state index contributed by atoms with van der Waals surface area (Å²) in [7, 11) is 0. The average Bonchev–Trinajstić information content (AvgIpc) is 3.07. The van der Waals surface area contributed by atoms with Crippen LogP contribution in [0.15, 0.2) is 48.5 Å². The highest BCUT2D eigenvalue weighted by Crippen LogP contribution is 2.34. The number of halogens is 1. The molecule has 1 saturated heterocycles.